The molecule has 0 bridgehead atoms. The minimum atomic E-state index is -0.0188. The first-order valence-electron chi connectivity index (χ1n) is 12.0. The van der Waals surface area contributed by atoms with Crippen molar-refractivity contribution in [1.29, 1.82) is 0 Å². The number of aromatic nitrogens is 4. The topological polar surface area (TPSA) is 92.3 Å². The number of para-hydroxylation sites is 1. The molecule has 0 unspecified atom stereocenters. The molecule has 188 valence electrons. The highest BCUT2D eigenvalue weighted by molar-refractivity contribution is 7.98. The van der Waals surface area contributed by atoms with Gasteiger partial charge < -0.3 is 14.0 Å². The standard InChI is InChI=1S/C27H24N4O4S2/c1-33-19-13-12-16(14-20(19)34-2)24-28-22(35-30-24)15-36-27-29-25-23(18-10-6-7-11-21(18)37-25)26(32)31(27)17-8-4-3-5-9-17/h3-5,8-9,12-14H,6-7,10-11,15H2,1-2H3. The summed E-state index contributed by atoms with van der Waals surface area (Å²) < 4.78 is 17.9. The Morgan fingerprint density at radius 2 is 1.84 bits per heavy atom. The van der Waals surface area contributed by atoms with Crippen LogP contribution in [0.2, 0.25) is 0 Å². The first-order chi connectivity index (χ1) is 18.2. The van der Waals surface area contributed by atoms with Crippen LogP contribution >= 0.6 is 23.1 Å². The first-order valence-corrected chi connectivity index (χ1v) is 13.8. The van der Waals surface area contributed by atoms with Crippen molar-refractivity contribution in [3.63, 3.8) is 0 Å². The third-order valence-electron chi connectivity index (χ3n) is 6.41. The van der Waals surface area contributed by atoms with Crippen LogP contribution in [0.5, 0.6) is 11.5 Å². The van der Waals surface area contributed by atoms with Crippen LogP contribution in [0.4, 0.5) is 0 Å². The van der Waals surface area contributed by atoms with Crippen LogP contribution in [-0.4, -0.2) is 33.9 Å². The van der Waals surface area contributed by atoms with E-state index in [0.717, 1.165) is 47.2 Å². The predicted molar refractivity (Wildman–Crippen MR) is 144 cm³/mol. The van der Waals surface area contributed by atoms with Gasteiger partial charge in [-0.3, -0.25) is 9.36 Å². The average molecular weight is 533 g/mol. The molecule has 3 heterocycles. The third-order valence-corrected chi connectivity index (χ3v) is 8.52. The molecule has 1 aliphatic rings. The zero-order chi connectivity index (χ0) is 25.4. The van der Waals surface area contributed by atoms with Crippen molar-refractivity contribution in [2.45, 2.75) is 36.6 Å². The van der Waals surface area contributed by atoms with Gasteiger partial charge in [0, 0.05) is 10.4 Å². The zero-order valence-corrected chi connectivity index (χ0v) is 22.0. The summed E-state index contributed by atoms with van der Waals surface area (Å²) in [6, 6.07) is 15.1. The van der Waals surface area contributed by atoms with Gasteiger partial charge >= 0.3 is 0 Å². The number of thiophene rings is 1. The molecule has 10 heteroatoms. The molecular weight excluding hydrogens is 508 g/mol. The van der Waals surface area contributed by atoms with E-state index in [1.807, 2.05) is 42.5 Å². The van der Waals surface area contributed by atoms with Crippen LogP contribution in [0.1, 0.15) is 29.2 Å². The van der Waals surface area contributed by atoms with Crippen molar-refractivity contribution in [2.24, 2.45) is 0 Å². The van der Waals surface area contributed by atoms with E-state index in [4.69, 9.17) is 19.0 Å². The van der Waals surface area contributed by atoms with Crippen LogP contribution in [0.25, 0.3) is 27.3 Å². The van der Waals surface area contributed by atoms with E-state index in [2.05, 4.69) is 10.1 Å². The lowest BCUT2D eigenvalue weighted by molar-refractivity contribution is 0.355. The van der Waals surface area contributed by atoms with Crippen LogP contribution < -0.4 is 15.0 Å². The number of hydrogen-bond acceptors (Lipinski definition) is 9. The molecule has 0 aliphatic heterocycles. The van der Waals surface area contributed by atoms with Gasteiger partial charge in [0.15, 0.2) is 16.7 Å². The molecule has 5 aromatic rings. The smallest absolute Gasteiger partial charge is 0.267 e. The van der Waals surface area contributed by atoms with Gasteiger partial charge in [-0.1, -0.05) is 35.1 Å². The Balaban J connectivity index is 1.35. The predicted octanol–water partition coefficient (Wildman–Crippen LogP) is 5.69. The molecule has 0 spiro atoms. The quantitative estimate of drug-likeness (QED) is 0.195. The number of nitrogens with zero attached hydrogens (tertiary/aromatic N) is 4. The summed E-state index contributed by atoms with van der Waals surface area (Å²) >= 11 is 3.06. The van der Waals surface area contributed by atoms with Gasteiger partial charge in [-0.05, 0) is 61.6 Å². The van der Waals surface area contributed by atoms with Gasteiger partial charge in [-0.25, -0.2) is 4.98 Å². The lowest BCUT2D eigenvalue weighted by Gasteiger charge is -2.13. The van der Waals surface area contributed by atoms with Crippen molar-refractivity contribution in [1.82, 2.24) is 19.7 Å². The molecule has 0 saturated heterocycles. The van der Waals surface area contributed by atoms with E-state index < -0.39 is 0 Å². The third kappa shape index (κ3) is 4.40. The number of rotatable bonds is 7. The first kappa shape index (κ1) is 23.7. The fourth-order valence-electron chi connectivity index (χ4n) is 4.62. The number of ether oxygens (including phenoxy) is 2. The second-order valence-electron chi connectivity index (χ2n) is 8.63. The normalized spacial score (nSPS) is 13.0. The summed E-state index contributed by atoms with van der Waals surface area (Å²) in [5.74, 6) is 2.47. The summed E-state index contributed by atoms with van der Waals surface area (Å²) in [5.41, 5.74) is 2.70. The maximum atomic E-state index is 13.8. The van der Waals surface area contributed by atoms with Gasteiger partial charge in [-0.15, -0.1) is 11.3 Å². The van der Waals surface area contributed by atoms with E-state index in [1.54, 1.807) is 36.2 Å². The van der Waals surface area contributed by atoms with Crippen molar-refractivity contribution in [3.05, 3.63) is 75.2 Å². The van der Waals surface area contributed by atoms with Crippen LogP contribution in [-0.2, 0) is 18.6 Å². The van der Waals surface area contributed by atoms with E-state index in [-0.39, 0.29) is 5.56 Å². The monoisotopic (exact) mass is 532 g/mol. The van der Waals surface area contributed by atoms with Crippen molar-refractivity contribution < 1.29 is 14.0 Å². The molecule has 2 aromatic carbocycles. The maximum absolute atomic E-state index is 13.8. The van der Waals surface area contributed by atoms with Gasteiger partial charge in [0.25, 0.3) is 5.56 Å². The Bertz CT molecular complexity index is 1640. The Morgan fingerprint density at radius 1 is 1.03 bits per heavy atom. The van der Waals surface area contributed by atoms with E-state index in [1.165, 1.54) is 22.2 Å². The highest BCUT2D eigenvalue weighted by Gasteiger charge is 2.23. The average Bonchev–Trinajstić information content (AvgIpc) is 3.57. The SMILES string of the molecule is COc1ccc(-c2noc(CSc3nc4sc5c(c4c(=O)n3-c3ccccc3)CCCC5)n2)cc1OC. The van der Waals surface area contributed by atoms with Crippen LogP contribution in [0.3, 0.4) is 0 Å². The van der Waals surface area contributed by atoms with Gasteiger partial charge in [0.2, 0.25) is 11.7 Å². The lowest BCUT2D eigenvalue weighted by Crippen LogP contribution is -2.22. The summed E-state index contributed by atoms with van der Waals surface area (Å²) in [6.45, 7) is 0. The Hall–Kier alpha value is -3.63. The highest BCUT2D eigenvalue weighted by atomic mass is 32.2. The number of hydrogen-bond donors (Lipinski definition) is 0. The second kappa shape index (κ2) is 10.0. The van der Waals surface area contributed by atoms with Gasteiger partial charge in [0.05, 0.1) is 31.0 Å². The lowest BCUT2D eigenvalue weighted by atomic mass is 9.97. The highest BCUT2D eigenvalue weighted by Crippen LogP contribution is 2.36. The minimum absolute atomic E-state index is 0.0188. The fourth-order valence-corrected chi connectivity index (χ4v) is 6.77. The molecule has 1 aliphatic carbocycles. The Morgan fingerprint density at radius 3 is 2.65 bits per heavy atom. The summed E-state index contributed by atoms with van der Waals surface area (Å²) in [7, 11) is 3.17. The molecule has 0 radical (unpaired) electrons. The molecule has 37 heavy (non-hydrogen) atoms. The molecule has 0 amide bonds. The maximum Gasteiger partial charge on any atom is 0.267 e. The van der Waals surface area contributed by atoms with Crippen LogP contribution in [0.15, 0.2) is 63.0 Å². The largest absolute Gasteiger partial charge is 0.493 e. The molecule has 0 saturated carbocycles. The fraction of sp³-hybridized carbons (Fsp3) is 0.259. The van der Waals surface area contributed by atoms with Crippen molar-refractivity contribution in [3.8, 4) is 28.6 Å². The molecule has 6 rings (SSSR count). The minimum Gasteiger partial charge on any atom is -0.493 e. The van der Waals surface area contributed by atoms with Crippen molar-refractivity contribution in [2.75, 3.05) is 14.2 Å². The molecule has 0 atom stereocenters. The Kier molecular flexibility index (Phi) is 6.43. The van der Waals surface area contributed by atoms with Crippen molar-refractivity contribution >= 4 is 33.3 Å². The summed E-state index contributed by atoms with van der Waals surface area (Å²) in [4.78, 5) is 25.5. The van der Waals surface area contributed by atoms with Gasteiger partial charge in [0.1, 0.15) is 4.83 Å². The number of aryl methyl sites for hydroxylation is 2. The second-order valence-corrected chi connectivity index (χ2v) is 10.7. The zero-order valence-electron chi connectivity index (χ0n) is 20.4. The van der Waals surface area contributed by atoms with E-state index >= 15 is 0 Å². The molecule has 0 N–H and O–H groups in total. The number of fused-ring (bicyclic) bond motifs is 3. The molecule has 8 nitrogen and oxygen atoms in total. The Labute approximate surface area is 221 Å². The van der Waals surface area contributed by atoms with E-state index in [0.29, 0.717) is 34.1 Å². The molecular formula is C27H24N4O4S2. The van der Waals surface area contributed by atoms with Gasteiger partial charge in [-0.2, -0.15) is 4.98 Å². The molecule has 3 aromatic heterocycles. The summed E-state index contributed by atoms with van der Waals surface area (Å²) in [6.07, 6.45) is 4.23. The number of thioether (sulfide) groups is 1. The van der Waals surface area contributed by atoms with Crippen LogP contribution in [0, 0.1) is 0 Å². The number of methoxy groups -OCH3 is 2. The summed E-state index contributed by atoms with van der Waals surface area (Å²) in [5, 5.41) is 5.51. The number of benzene rings is 2. The molecule has 0 fully saturated rings. The van der Waals surface area contributed by atoms with E-state index in [9.17, 15) is 4.79 Å².